The summed E-state index contributed by atoms with van der Waals surface area (Å²) >= 11 is 0. The van der Waals surface area contributed by atoms with Crippen molar-refractivity contribution >= 4 is 23.0 Å². The van der Waals surface area contributed by atoms with Crippen LogP contribution in [0, 0.1) is 11.6 Å². The highest BCUT2D eigenvalue weighted by atomic mass is 19.1. The molecule has 0 spiro atoms. The van der Waals surface area contributed by atoms with Crippen molar-refractivity contribution in [1.29, 1.82) is 0 Å². The van der Waals surface area contributed by atoms with E-state index in [0.717, 1.165) is 18.3 Å². The first-order valence-electron chi connectivity index (χ1n) is 9.86. The van der Waals surface area contributed by atoms with Crippen LogP contribution in [-0.4, -0.2) is 51.2 Å². The predicted octanol–water partition coefficient (Wildman–Crippen LogP) is 1.55. The maximum absolute atomic E-state index is 14.1. The summed E-state index contributed by atoms with van der Waals surface area (Å²) in [5.41, 5.74) is 12.1. The number of aliphatic hydroxyl groups excluding tert-OH is 1. The molecule has 9 nitrogen and oxygen atoms in total. The molecule has 3 heterocycles. The third-order valence-corrected chi connectivity index (χ3v) is 5.23. The second kappa shape index (κ2) is 8.81. The Morgan fingerprint density at radius 2 is 1.97 bits per heavy atom. The monoisotopic (exact) mass is 441 g/mol. The van der Waals surface area contributed by atoms with Gasteiger partial charge in [-0.2, -0.15) is 0 Å². The van der Waals surface area contributed by atoms with Crippen LogP contribution in [0.3, 0.4) is 0 Å². The number of piperidine rings is 1. The normalized spacial score (nSPS) is 18.4. The number of rotatable bonds is 4. The van der Waals surface area contributed by atoms with E-state index in [-0.39, 0.29) is 17.2 Å². The van der Waals surface area contributed by atoms with Gasteiger partial charge in [0.05, 0.1) is 41.1 Å². The highest BCUT2D eigenvalue weighted by Gasteiger charge is 2.27. The lowest BCUT2D eigenvalue weighted by Crippen LogP contribution is -2.51. The van der Waals surface area contributed by atoms with Crippen LogP contribution in [-0.2, 0) is 0 Å². The number of hydrogen-bond donors (Lipinski definition) is 4. The first-order valence-corrected chi connectivity index (χ1v) is 9.86. The van der Waals surface area contributed by atoms with Gasteiger partial charge in [0.15, 0.2) is 11.5 Å². The molecule has 1 aliphatic rings. The molecule has 0 saturated carbocycles. The Morgan fingerprint density at radius 3 is 2.69 bits per heavy atom. The Kier molecular flexibility index (Phi) is 5.93. The molecule has 2 atom stereocenters. The van der Waals surface area contributed by atoms with Gasteiger partial charge < -0.3 is 26.8 Å². The van der Waals surface area contributed by atoms with Gasteiger partial charge in [0.2, 0.25) is 0 Å². The lowest BCUT2D eigenvalue weighted by atomic mass is 10.0. The minimum Gasteiger partial charge on any atom is -0.396 e. The molecule has 2 aromatic heterocycles. The average molecular weight is 441 g/mol. The van der Waals surface area contributed by atoms with Gasteiger partial charge in [0.1, 0.15) is 11.6 Å². The lowest BCUT2D eigenvalue weighted by molar-refractivity contribution is 0.102. The van der Waals surface area contributed by atoms with Crippen LogP contribution >= 0.6 is 0 Å². The SMILES string of the molecule is Nc1cnc(-c2c(F)cccc2F)nc1C(=O)Nc1cnccc1N1CCC(O)C(N)C1. The molecule has 0 radical (unpaired) electrons. The first-order chi connectivity index (χ1) is 15.3. The number of nitrogens with one attached hydrogen (secondary N) is 1. The van der Waals surface area contributed by atoms with Crippen molar-refractivity contribution in [2.45, 2.75) is 18.6 Å². The minimum absolute atomic E-state index is 0.0587. The van der Waals surface area contributed by atoms with Crippen LogP contribution < -0.4 is 21.7 Å². The highest BCUT2D eigenvalue weighted by Crippen LogP contribution is 2.29. The van der Waals surface area contributed by atoms with E-state index in [1.807, 2.05) is 4.90 Å². The van der Waals surface area contributed by atoms with Gasteiger partial charge in [-0.15, -0.1) is 0 Å². The molecule has 3 aromatic rings. The van der Waals surface area contributed by atoms with Crippen molar-refractivity contribution in [3.05, 3.63) is 60.2 Å². The summed E-state index contributed by atoms with van der Waals surface area (Å²) < 4.78 is 28.3. The zero-order chi connectivity index (χ0) is 22.8. The number of hydrogen-bond acceptors (Lipinski definition) is 8. The van der Waals surface area contributed by atoms with Crippen molar-refractivity contribution in [2.24, 2.45) is 5.73 Å². The topological polar surface area (TPSA) is 143 Å². The Hall–Kier alpha value is -3.70. The summed E-state index contributed by atoms with van der Waals surface area (Å²) in [5, 5.41) is 12.6. The lowest BCUT2D eigenvalue weighted by Gasteiger charge is -2.36. The van der Waals surface area contributed by atoms with Crippen molar-refractivity contribution < 1.29 is 18.7 Å². The molecule has 32 heavy (non-hydrogen) atoms. The van der Waals surface area contributed by atoms with E-state index < -0.39 is 35.3 Å². The molecule has 1 aliphatic heterocycles. The molecular weight excluding hydrogens is 420 g/mol. The van der Waals surface area contributed by atoms with E-state index in [0.29, 0.717) is 30.9 Å². The Labute approximate surface area is 182 Å². The predicted molar refractivity (Wildman–Crippen MR) is 115 cm³/mol. The summed E-state index contributed by atoms with van der Waals surface area (Å²) in [5.74, 6) is -2.72. The molecular formula is C21H21F2N7O2. The fourth-order valence-corrected chi connectivity index (χ4v) is 3.53. The number of carbonyl (C=O) groups excluding carboxylic acids is 1. The number of amides is 1. The minimum atomic E-state index is -0.862. The Bertz CT molecular complexity index is 1140. The third-order valence-electron chi connectivity index (χ3n) is 5.23. The van der Waals surface area contributed by atoms with E-state index in [4.69, 9.17) is 11.5 Å². The maximum atomic E-state index is 14.1. The molecule has 1 saturated heterocycles. The standard InChI is InChI=1S/C21H21F2N7O2/c22-11-2-1-3-12(23)18(11)20-27-8-13(24)19(29-20)21(32)28-15-9-26-6-4-16(15)30-7-5-17(31)14(25)10-30/h1-4,6,8-9,14,17,31H,5,7,10,24-25H2,(H,28,32). The maximum Gasteiger partial charge on any atom is 0.276 e. The molecule has 0 aliphatic carbocycles. The number of nitrogens with two attached hydrogens (primary N) is 2. The fourth-order valence-electron chi connectivity index (χ4n) is 3.53. The zero-order valence-corrected chi connectivity index (χ0v) is 16.9. The van der Waals surface area contributed by atoms with Crippen LogP contribution in [0.4, 0.5) is 25.8 Å². The van der Waals surface area contributed by atoms with E-state index in [1.165, 1.54) is 12.3 Å². The van der Waals surface area contributed by atoms with Gasteiger partial charge in [-0.25, -0.2) is 18.7 Å². The molecule has 6 N–H and O–H groups in total. The van der Waals surface area contributed by atoms with Gasteiger partial charge in [0, 0.05) is 25.3 Å². The molecule has 1 aromatic carbocycles. The van der Waals surface area contributed by atoms with Gasteiger partial charge >= 0.3 is 0 Å². The van der Waals surface area contributed by atoms with Crippen LogP contribution in [0.1, 0.15) is 16.9 Å². The number of aromatic nitrogens is 3. The third kappa shape index (κ3) is 4.20. The van der Waals surface area contributed by atoms with Crippen LogP contribution in [0.2, 0.25) is 0 Å². The quantitative estimate of drug-likeness (QED) is 0.478. The summed E-state index contributed by atoms with van der Waals surface area (Å²) in [6.07, 6.45) is 4.04. The molecule has 166 valence electrons. The second-order valence-corrected chi connectivity index (χ2v) is 7.41. The second-order valence-electron chi connectivity index (χ2n) is 7.41. The molecule has 0 bridgehead atoms. The smallest absolute Gasteiger partial charge is 0.276 e. The number of pyridine rings is 1. The van der Waals surface area contributed by atoms with Crippen LogP contribution in [0.5, 0.6) is 0 Å². The number of halogens is 2. The fraction of sp³-hybridized carbons (Fsp3) is 0.238. The van der Waals surface area contributed by atoms with Crippen molar-refractivity contribution in [2.75, 3.05) is 29.0 Å². The van der Waals surface area contributed by atoms with Crippen molar-refractivity contribution in [1.82, 2.24) is 15.0 Å². The summed E-state index contributed by atoms with van der Waals surface area (Å²) in [6, 6.07) is 4.63. The van der Waals surface area contributed by atoms with Gasteiger partial charge in [-0.3, -0.25) is 9.78 Å². The summed E-state index contributed by atoms with van der Waals surface area (Å²) in [4.78, 5) is 26.8. The Morgan fingerprint density at radius 1 is 1.22 bits per heavy atom. The van der Waals surface area contributed by atoms with E-state index >= 15 is 0 Å². The number of nitrogen functional groups attached to an aromatic ring is 1. The molecule has 11 heteroatoms. The Balaban J connectivity index is 1.63. The van der Waals surface area contributed by atoms with E-state index in [2.05, 4.69) is 20.3 Å². The zero-order valence-electron chi connectivity index (χ0n) is 16.9. The molecule has 2 unspecified atom stereocenters. The van der Waals surface area contributed by atoms with E-state index in [1.54, 1.807) is 12.3 Å². The van der Waals surface area contributed by atoms with Gasteiger partial charge in [-0.1, -0.05) is 6.07 Å². The number of anilines is 3. The number of nitrogens with zero attached hydrogens (tertiary/aromatic N) is 4. The summed E-state index contributed by atoms with van der Waals surface area (Å²) in [6.45, 7) is 0.925. The van der Waals surface area contributed by atoms with Crippen molar-refractivity contribution in [3.63, 3.8) is 0 Å². The van der Waals surface area contributed by atoms with E-state index in [9.17, 15) is 18.7 Å². The molecule has 1 fully saturated rings. The summed E-state index contributed by atoms with van der Waals surface area (Å²) in [7, 11) is 0. The number of benzene rings is 1. The highest BCUT2D eigenvalue weighted by molar-refractivity contribution is 6.07. The largest absolute Gasteiger partial charge is 0.396 e. The van der Waals surface area contributed by atoms with Crippen molar-refractivity contribution in [3.8, 4) is 11.4 Å². The van der Waals surface area contributed by atoms with Gasteiger partial charge in [0.25, 0.3) is 5.91 Å². The van der Waals surface area contributed by atoms with Gasteiger partial charge in [-0.05, 0) is 24.6 Å². The van der Waals surface area contributed by atoms with Crippen LogP contribution in [0.25, 0.3) is 11.4 Å². The number of aliphatic hydroxyl groups is 1. The van der Waals surface area contributed by atoms with Crippen LogP contribution in [0.15, 0.2) is 42.9 Å². The number of carbonyl (C=O) groups is 1. The average Bonchev–Trinajstić information content (AvgIpc) is 2.77. The molecule has 4 rings (SSSR count). The first kappa shape index (κ1) is 21.5. The molecule has 1 amide bonds.